The summed E-state index contributed by atoms with van der Waals surface area (Å²) < 4.78 is 15.4. The van der Waals surface area contributed by atoms with Crippen LogP contribution in [-0.4, -0.2) is 42.5 Å². The van der Waals surface area contributed by atoms with Crippen molar-refractivity contribution in [2.45, 2.75) is 70.2 Å². The largest absolute Gasteiger partial charge is 0.598 e. The van der Waals surface area contributed by atoms with Gasteiger partial charge in [-0.15, -0.1) is 4.72 Å². The second kappa shape index (κ2) is 8.55. The van der Waals surface area contributed by atoms with Crippen molar-refractivity contribution in [3.63, 3.8) is 0 Å². The van der Waals surface area contributed by atoms with Gasteiger partial charge in [0.25, 0.3) is 0 Å². The molecule has 0 radical (unpaired) electrons. The number of rotatable bonds is 6. The van der Waals surface area contributed by atoms with E-state index in [1.54, 1.807) is 12.3 Å². The summed E-state index contributed by atoms with van der Waals surface area (Å²) in [5.74, 6) is 0.274. The maximum atomic E-state index is 12.6. The zero-order valence-corrected chi connectivity index (χ0v) is 18.2. The van der Waals surface area contributed by atoms with Gasteiger partial charge in [-0.2, -0.15) is 0 Å². The number of amides is 1. The number of pyridine rings is 1. The van der Waals surface area contributed by atoms with E-state index < -0.39 is 17.5 Å². The lowest BCUT2D eigenvalue weighted by atomic mass is 9.91. The minimum absolute atomic E-state index is 0.177. The highest BCUT2D eigenvalue weighted by molar-refractivity contribution is 7.90. The molecule has 1 fully saturated rings. The Hall–Kier alpha value is -1.02. The van der Waals surface area contributed by atoms with E-state index in [2.05, 4.69) is 9.71 Å². The first kappa shape index (κ1) is 22.3. The van der Waals surface area contributed by atoms with Gasteiger partial charge in [0.05, 0.1) is 16.8 Å². The lowest BCUT2D eigenvalue weighted by molar-refractivity contribution is 0.117. The zero-order valence-electron chi connectivity index (χ0n) is 16.7. The molecule has 0 aromatic carbocycles. The van der Waals surface area contributed by atoms with Crippen LogP contribution in [0.3, 0.4) is 0 Å². The fraction of sp³-hybridized carbons (Fsp3) is 0.684. The number of carboxylic acid groups (broad SMARTS) is 1. The molecule has 0 bridgehead atoms. The third kappa shape index (κ3) is 5.98. The van der Waals surface area contributed by atoms with Gasteiger partial charge in [-0.1, -0.05) is 11.6 Å². The molecule has 2 unspecified atom stereocenters. The number of halogens is 1. The first-order valence-electron chi connectivity index (χ1n) is 9.20. The molecule has 0 aliphatic carbocycles. The van der Waals surface area contributed by atoms with Gasteiger partial charge < -0.3 is 14.6 Å². The highest BCUT2D eigenvalue weighted by Gasteiger charge is 2.41. The van der Waals surface area contributed by atoms with Crippen molar-refractivity contribution in [3.05, 3.63) is 29.0 Å². The molecule has 1 aliphatic heterocycles. The summed E-state index contributed by atoms with van der Waals surface area (Å²) in [6.07, 6.45) is 3.10. The van der Waals surface area contributed by atoms with Crippen molar-refractivity contribution in [3.8, 4) is 0 Å². The highest BCUT2D eigenvalue weighted by Crippen LogP contribution is 2.36. The molecule has 2 N–H and O–H groups in total. The van der Waals surface area contributed by atoms with Crippen LogP contribution in [0.1, 0.15) is 65.6 Å². The first-order chi connectivity index (χ1) is 12.4. The van der Waals surface area contributed by atoms with Gasteiger partial charge in [-0.05, 0) is 71.9 Å². The van der Waals surface area contributed by atoms with E-state index in [9.17, 15) is 14.5 Å². The van der Waals surface area contributed by atoms with E-state index in [1.807, 2.05) is 40.7 Å². The van der Waals surface area contributed by atoms with Crippen molar-refractivity contribution in [2.75, 3.05) is 6.54 Å². The summed E-state index contributed by atoms with van der Waals surface area (Å²) in [5, 5.41) is 9.97. The maximum absolute atomic E-state index is 12.6. The number of carbonyl (C=O) groups is 1. The van der Waals surface area contributed by atoms with Crippen LogP contribution in [0, 0.1) is 5.92 Å². The Kier molecular flexibility index (Phi) is 7.06. The van der Waals surface area contributed by atoms with Crippen molar-refractivity contribution < 1.29 is 14.5 Å². The van der Waals surface area contributed by atoms with Gasteiger partial charge in [-0.25, -0.2) is 4.79 Å². The van der Waals surface area contributed by atoms with Crippen LogP contribution in [0.4, 0.5) is 4.79 Å². The molecule has 1 amide bonds. The Morgan fingerprint density at radius 1 is 1.52 bits per heavy atom. The average molecular weight is 416 g/mol. The van der Waals surface area contributed by atoms with Gasteiger partial charge in [0.1, 0.15) is 4.75 Å². The molecule has 0 saturated carbocycles. The highest BCUT2D eigenvalue weighted by atomic mass is 35.5. The van der Waals surface area contributed by atoms with Crippen LogP contribution < -0.4 is 4.72 Å². The number of nitrogens with one attached hydrogen (secondary N) is 1. The molecule has 1 aromatic rings. The Labute approximate surface area is 170 Å². The molecule has 3 atom stereocenters. The number of hydrogen-bond acceptors (Lipinski definition) is 4. The summed E-state index contributed by atoms with van der Waals surface area (Å²) in [4.78, 5) is 17.4. The Bertz CT molecular complexity index is 649. The predicted molar refractivity (Wildman–Crippen MR) is 109 cm³/mol. The van der Waals surface area contributed by atoms with E-state index >= 15 is 0 Å². The number of aromatic nitrogens is 1. The number of hydrogen-bond donors (Lipinski definition) is 2. The predicted octanol–water partition coefficient (Wildman–Crippen LogP) is 4.39. The summed E-state index contributed by atoms with van der Waals surface area (Å²) in [6.45, 7) is 10.2. The standard InChI is InChI=1S/C19H30ClN3O3S/c1-18(2,3)27(26)22-16(15-9-7-14(20)11-21-15)8-6-13-10-19(4,5)23(12-13)17(24)25/h7,9,11,13,16,22H,6,8,10,12H2,1-5H3,(H,24,25)/t13-,16?,27?/m0/s1. The minimum atomic E-state index is -1.23. The van der Waals surface area contributed by atoms with Crippen LogP contribution in [0.5, 0.6) is 0 Å². The van der Waals surface area contributed by atoms with Gasteiger partial charge in [-0.3, -0.25) is 4.98 Å². The lowest BCUT2D eigenvalue weighted by Crippen LogP contribution is -2.41. The van der Waals surface area contributed by atoms with E-state index in [1.165, 1.54) is 4.90 Å². The number of nitrogens with zero attached hydrogens (tertiary/aromatic N) is 2. The van der Waals surface area contributed by atoms with E-state index in [4.69, 9.17) is 11.6 Å². The van der Waals surface area contributed by atoms with Gasteiger partial charge >= 0.3 is 6.09 Å². The van der Waals surface area contributed by atoms with E-state index in [0.717, 1.165) is 25.0 Å². The molecule has 2 rings (SSSR count). The summed E-state index contributed by atoms with van der Waals surface area (Å²) >= 11 is 4.72. The molecule has 8 heteroatoms. The molecule has 0 spiro atoms. The summed E-state index contributed by atoms with van der Waals surface area (Å²) in [5.41, 5.74) is 0.441. The molecule has 1 saturated heterocycles. The van der Waals surface area contributed by atoms with Crippen molar-refractivity contribution in [1.82, 2.24) is 14.6 Å². The average Bonchev–Trinajstić information content (AvgIpc) is 2.86. The molecule has 27 heavy (non-hydrogen) atoms. The third-order valence-corrected chi connectivity index (χ3v) is 6.80. The van der Waals surface area contributed by atoms with Crippen LogP contribution in [0.25, 0.3) is 0 Å². The molecule has 6 nitrogen and oxygen atoms in total. The minimum Gasteiger partial charge on any atom is -0.598 e. The summed E-state index contributed by atoms with van der Waals surface area (Å²) in [7, 11) is 0. The zero-order chi connectivity index (χ0) is 20.4. The summed E-state index contributed by atoms with van der Waals surface area (Å²) in [6, 6.07) is 3.45. The molecule has 1 aromatic heterocycles. The lowest BCUT2D eigenvalue weighted by Gasteiger charge is -2.28. The van der Waals surface area contributed by atoms with E-state index in [-0.39, 0.29) is 22.2 Å². The Morgan fingerprint density at radius 3 is 2.67 bits per heavy atom. The second-order valence-corrected chi connectivity index (χ2v) is 11.2. The first-order valence-corrected chi connectivity index (χ1v) is 10.7. The van der Waals surface area contributed by atoms with Gasteiger partial charge in [0, 0.05) is 29.6 Å². The molecular weight excluding hydrogens is 386 g/mol. The van der Waals surface area contributed by atoms with Crippen molar-refractivity contribution in [1.29, 1.82) is 0 Å². The maximum Gasteiger partial charge on any atom is 0.407 e. The second-order valence-electron chi connectivity index (χ2n) is 8.81. The molecular formula is C19H30ClN3O3S. The topological polar surface area (TPSA) is 88.5 Å². The van der Waals surface area contributed by atoms with Crippen LogP contribution in [0.2, 0.25) is 5.02 Å². The van der Waals surface area contributed by atoms with Crippen LogP contribution >= 0.6 is 11.6 Å². The normalized spacial score (nSPS) is 21.9. The molecule has 1 aliphatic rings. The van der Waals surface area contributed by atoms with Crippen molar-refractivity contribution in [2.24, 2.45) is 5.92 Å². The van der Waals surface area contributed by atoms with Crippen molar-refractivity contribution >= 4 is 29.1 Å². The van der Waals surface area contributed by atoms with Crippen LogP contribution in [0.15, 0.2) is 18.3 Å². The molecule has 2 heterocycles. The Morgan fingerprint density at radius 2 is 2.19 bits per heavy atom. The SMILES string of the molecule is CC1(C)C[C@H](CCC(N[S+]([O-])C(C)(C)C)c2ccc(Cl)cn2)CN1C(=O)O. The van der Waals surface area contributed by atoms with E-state index in [0.29, 0.717) is 11.6 Å². The quantitative estimate of drug-likeness (QED) is 0.672. The third-order valence-electron chi connectivity index (χ3n) is 4.97. The monoisotopic (exact) mass is 415 g/mol. The molecule has 152 valence electrons. The van der Waals surface area contributed by atoms with Crippen LogP contribution in [-0.2, 0) is 11.4 Å². The fourth-order valence-corrected chi connectivity index (χ4v) is 4.45. The Balaban J connectivity index is 2.08. The van der Waals surface area contributed by atoms with Gasteiger partial charge in [0.15, 0.2) is 0 Å². The smallest absolute Gasteiger partial charge is 0.407 e. The van der Waals surface area contributed by atoms with Gasteiger partial charge in [0.2, 0.25) is 0 Å². The number of likely N-dealkylation sites (tertiary alicyclic amines) is 1. The fourth-order valence-electron chi connectivity index (χ4n) is 3.49.